The van der Waals surface area contributed by atoms with Gasteiger partial charge in [0.15, 0.2) is 0 Å². The average molecular weight is 177 g/mol. The fourth-order valence-corrected chi connectivity index (χ4v) is 2.14. The quantitative estimate of drug-likeness (QED) is 0.595. The number of nitrogens with zero attached hydrogens (tertiary/aromatic N) is 1. The van der Waals surface area contributed by atoms with Crippen LogP contribution in [-0.2, 0) is 0 Å². The Hall–Kier alpha value is -0.720. The van der Waals surface area contributed by atoms with E-state index in [1.165, 1.54) is 31.4 Å². The maximum atomic E-state index is 2.51. The first-order valence-electron chi connectivity index (χ1n) is 5.43. The van der Waals surface area contributed by atoms with Crippen molar-refractivity contribution in [1.82, 2.24) is 4.90 Å². The number of hydrogen-bond donors (Lipinski definition) is 0. The van der Waals surface area contributed by atoms with E-state index < -0.39 is 0 Å². The second-order valence-electron chi connectivity index (χ2n) is 4.44. The van der Waals surface area contributed by atoms with Crippen molar-refractivity contribution in [1.29, 1.82) is 0 Å². The zero-order valence-electron chi connectivity index (χ0n) is 8.66. The van der Waals surface area contributed by atoms with E-state index in [1.54, 1.807) is 0 Å². The van der Waals surface area contributed by atoms with E-state index in [9.17, 15) is 0 Å². The number of allylic oxidation sites excluding steroid dienone is 2. The molecule has 2 heterocycles. The highest BCUT2D eigenvalue weighted by molar-refractivity contribution is 5.26. The third-order valence-corrected chi connectivity index (χ3v) is 3.08. The van der Waals surface area contributed by atoms with Crippen molar-refractivity contribution in [3.8, 4) is 0 Å². The van der Waals surface area contributed by atoms with Crippen molar-refractivity contribution >= 4 is 0 Å². The van der Waals surface area contributed by atoms with Crippen molar-refractivity contribution in [2.24, 2.45) is 5.92 Å². The van der Waals surface area contributed by atoms with Crippen molar-refractivity contribution in [2.75, 3.05) is 6.54 Å². The lowest BCUT2D eigenvalue weighted by atomic mass is 9.94. The maximum Gasteiger partial charge on any atom is 0.0470 e. The van der Waals surface area contributed by atoms with Gasteiger partial charge in [-0.05, 0) is 30.8 Å². The Labute approximate surface area is 81.1 Å². The van der Waals surface area contributed by atoms with Crippen molar-refractivity contribution in [3.63, 3.8) is 0 Å². The topological polar surface area (TPSA) is 3.24 Å². The van der Waals surface area contributed by atoms with E-state index in [0.29, 0.717) is 12.0 Å². The molecule has 0 aromatic carbocycles. The predicted octanol–water partition coefficient (Wildman–Crippen LogP) is 2.95. The smallest absolute Gasteiger partial charge is 0.0470 e. The Morgan fingerprint density at radius 1 is 1.38 bits per heavy atom. The highest BCUT2D eigenvalue weighted by Gasteiger charge is 2.20. The molecule has 0 aliphatic carbocycles. The van der Waals surface area contributed by atoms with Gasteiger partial charge in [-0.15, -0.1) is 0 Å². The van der Waals surface area contributed by atoms with Gasteiger partial charge in [0, 0.05) is 18.8 Å². The summed E-state index contributed by atoms with van der Waals surface area (Å²) in [6.07, 6.45) is 11.2. The molecule has 1 saturated heterocycles. The number of hydrogen-bond acceptors (Lipinski definition) is 1. The number of rotatable bonds is 1. The Balaban J connectivity index is 2.11. The molecule has 0 radical (unpaired) electrons. The molecule has 1 heteroatoms. The van der Waals surface area contributed by atoms with E-state index in [4.69, 9.17) is 0 Å². The van der Waals surface area contributed by atoms with Gasteiger partial charge in [-0.1, -0.05) is 26.0 Å². The molecule has 1 fully saturated rings. The summed E-state index contributed by atoms with van der Waals surface area (Å²) >= 11 is 0. The number of piperidine rings is 1. The van der Waals surface area contributed by atoms with Gasteiger partial charge in [0.2, 0.25) is 0 Å². The molecule has 0 saturated carbocycles. The fraction of sp³-hybridized carbons (Fsp3) is 0.667. The second kappa shape index (κ2) is 3.57. The van der Waals surface area contributed by atoms with Gasteiger partial charge in [-0.3, -0.25) is 0 Å². The summed E-state index contributed by atoms with van der Waals surface area (Å²) in [6.45, 7) is 5.78. The van der Waals surface area contributed by atoms with E-state index in [0.717, 1.165) is 0 Å². The molecule has 0 aromatic heterocycles. The van der Waals surface area contributed by atoms with Gasteiger partial charge in [0.25, 0.3) is 0 Å². The average Bonchev–Trinajstić information content (AvgIpc) is 2.17. The molecule has 0 spiro atoms. The molecule has 0 N–H and O–H groups in total. The Morgan fingerprint density at radius 2 is 2.23 bits per heavy atom. The lowest BCUT2D eigenvalue weighted by molar-refractivity contribution is 0.245. The molecule has 1 nitrogen and oxygen atoms in total. The highest BCUT2D eigenvalue weighted by Crippen LogP contribution is 2.25. The molecule has 2 aliphatic heterocycles. The Kier molecular flexibility index (Phi) is 2.43. The largest absolute Gasteiger partial charge is 0.371 e. The van der Waals surface area contributed by atoms with Crippen molar-refractivity contribution in [2.45, 2.75) is 39.2 Å². The third kappa shape index (κ3) is 1.79. The molecule has 0 bridgehead atoms. The van der Waals surface area contributed by atoms with Gasteiger partial charge in [-0.2, -0.15) is 0 Å². The molecule has 72 valence electrons. The molecule has 2 rings (SSSR count). The Bertz CT molecular complexity index is 238. The highest BCUT2D eigenvalue weighted by atomic mass is 15.1. The zero-order valence-corrected chi connectivity index (χ0v) is 8.66. The van der Waals surface area contributed by atoms with E-state index in [-0.39, 0.29) is 0 Å². The first-order valence-corrected chi connectivity index (χ1v) is 5.43. The second-order valence-corrected chi connectivity index (χ2v) is 4.44. The van der Waals surface area contributed by atoms with E-state index in [2.05, 4.69) is 37.1 Å². The molecular weight excluding hydrogens is 158 g/mol. The number of fused-ring (bicyclic) bond motifs is 1. The lowest BCUT2D eigenvalue weighted by Gasteiger charge is -2.36. The van der Waals surface area contributed by atoms with Crippen molar-refractivity contribution < 1.29 is 0 Å². The van der Waals surface area contributed by atoms with E-state index in [1.807, 2.05) is 0 Å². The fourth-order valence-electron chi connectivity index (χ4n) is 2.14. The Morgan fingerprint density at radius 3 is 3.00 bits per heavy atom. The molecular formula is C12H19N. The van der Waals surface area contributed by atoms with Crippen LogP contribution in [0, 0.1) is 5.92 Å². The summed E-state index contributed by atoms with van der Waals surface area (Å²) in [5.74, 6) is 0.666. The van der Waals surface area contributed by atoms with Crippen LogP contribution in [0.25, 0.3) is 0 Å². The summed E-state index contributed by atoms with van der Waals surface area (Å²) in [5.41, 5.74) is 1.48. The summed E-state index contributed by atoms with van der Waals surface area (Å²) in [4.78, 5) is 2.51. The molecule has 0 aromatic rings. The van der Waals surface area contributed by atoms with Crippen LogP contribution in [0.2, 0.25) is 0 Å². The van der Waals surface area contributed by atoms with Crippen LogP contribution in [0.5, 0.6) is 0 Å². The van der Waals surface area contributed by atoms with Crippen LogP contribution in [0.4, 0.5) is 0 Å². The third-order valence-electron chi connectivity index (χ3n) is 3.08. The minimum atomic E-state index is 0.666. The van der Waals surface area contributed by atoms with Gasteiger partial charge < -0.3 is 4.90 Å². The predicted molar refractivity (Wildman–Crippen MR) is 56.4 cm³/mol. The molecule has 1 atom stereocenters. The lowest BCUT2D eigenvalue weighted by Crippen LogP contribution is -2.36. The summed E-state index contributed by atoms with van der Waals surface area (Å²) < 4.78 is 0. The minimum absolute atomic E-state index is 0.666. The monoisotopic (exact) mass is 177 g/mol. The van der Waals surface area contributed by atoms with Gasteiger partial charge in [0.05, 0.1) is 0 Å². The van der Waals surface area contributed by atoms with Crippen LogP contribution in [-0.4, -0.2) is 17.5 Å². The summed E-state index contributed by atoms with van der Waals surface area (Å²) in [5, 5.41) is 0. The van der Waals surface area contributed by atoms with Crippen LogP contribution < -0.4 is 0 Å². The van der Waals surface area contributed by atoms with Crippen LogP contribution in [0.1, 0.15) is 33.1 Å². The van der Waals surface area contributed by atoms with E-state index >= 15 is 0 Å². The SMILES string of the molecule is CC(C)C1=CN2CCCCC2C=C1. The summed E-state index contributed by atoms with van der Waals surface area (Å²) in [6, 6.07) is 0.705. The van der Waals surface area contributed by atoms with Gasteiger partial charge in [-0.25, -0.2) is 0 Å². The maximum absolute atomic E-state index is 2.51. The molecule has 2 aliphatic rings. The first kappa shape index (κ1) is 8.86. The normalized spacial score (nSPS) is 27.5. The summed E-state index contributed by atoms with van der Waals surface area (Å²) in [7, 11) is 0. The molecule has 0 amide bonds. The van der Waals surface area contributed by atoms with Crippen LogP contribution in [0.3, 0.4) is 0 Å². The van der Waals surface area contributed by atoms with Gasteiger partial charge >= 0.3 is 0 Å². The van der Waals surface area contributed by atoms with Crippen molar-refractivity contribution in [3.05, 3.63) is 23.9 Å². The molecule has 1 unspecified atom stereocenters. The minimum Gasteiger partial charge on any atom is -0.371 e. The zero-order chi connectivity index (χ0) is 9.26. The van der Waals surface area contributed by atoms with Crippen LogP contribution in [0.15, 0.2) is 23.9 Å². The van der Waals surface area contributed by atoms with Crippen LogP contribution >= 0.6 is 0 Å². The first-order chi connectivity index (χ1) is 6.27. The standard InChI is InChI=1S/C12H19N/c1-10(2)11-6-7-12-5-3-4-8-13(12)9-11/h6-7,9-10,12H,3-5,8H2,1-2H3. The molecule has 13 heavy (non-hydrogen) atoms. The van der Waals surface area contributed by atoms with Gasteiger partial charge in [0.1, 0.15) is 0 Å².